The van der Waals surface area contributed by atoms with Crippen LogP contribution in [0.3, 0.4) is 0 Å². The summed E-state index contributed by atoms with van der Waals surface area (Å²) in [5.41, 5.74) is 2.50. The lowest BCUT2D eigenvalue weighted by atomic mass is 9.99. The molecule has 0 aliphatic rings. The molecule has 74 valence electrons. The van der Waals surface area contributed by atoms with Gasteiger partial charge in [-0.1, -0.05) is 13.8 Å². The number of aryl methyl sites for hydroxylation is 1. The van der Waals surface area contributed by atoms with Crippen LogP contribution < -0.4 is 0 Å². The highest BCUT2D eigenvalue weighted by atomic mass is 15.0. The van der Waals surface area contributed by atoms with Gasteiger partial charge >= 0.3 is 0 Å². The first-order valence-corrected chi connectivity index (χ1v) is 5.14. The molecule has 0 aliphatic heterocycles. The van der Waals surface area contributed by atoms with Gasteiger partial charge in [0.1, 0.15) is 5.65 Å². The Balaban J connectivity index is 2.66. The van der Waals surface area contributed by atoms with Crippen molar-refractivity contribution >= 4 is 11.0 Å². The fourth-order valence-electron chi connectivity index (χ4n) is 1.86. The smallest absolute Gasteiger partial charge is 0.139 e. The van der Waals surface area contributed by atoms with Crippen LogP contribution in [0.15, 0.2) is 24.5 Å². The van der Waals surface area contributed by atoms with Gasteiger partial charge in [-0.05, 0) is 30.0 Å². The Morgan fingerprint density at radius 2 is 2.29 bits per heavy atom. The highest BCUT2D eigenvalue weighted by Gasteiger charge is 2.11. The second kappa shape index (κ2) is 3.45. The molecule has 0 bridgehead atoms. The first-order chi connectivity index (χ1) is 6.74. The van der Waals surface area contributed by atoms with Crippen LogP contribution in [0.4, 0.5) is 0 Å². The molecule has 0 radical (unpaired) electrons. The van der Waals surface area contributed by atoms with E-state index in [1.807, 2.05) is 12.3 Å². The summed E-state index contributed by atoms with van der Waals surface area (Å²) in [6.45, 7) is 4.49. The van der Waals surface area contributed by atoms with Gasteiger partial charge in [0.2, 0.25) is 0 Å². The molecule has 2 aromatic heterocycles. The van der Waals surface area contributed by atoms with Crippen molar-refractivity contribution in [1.29, 1.82) is 0 Å². The number of pyridine rings is 1. The lowest BCUT2D eigenvalue weighted by Gasteiger charge is -2.05. The van der Waals surface area contributed by atoms with Gasteiger partial charge < -0.3 is 4.57 Å². The van der Waals surface area contributed by atoms with Crippen LogP contribution in [0.5, 0.6) is 0 Å². The van der Waals surface area contributed by atoms with E-state index >= 15 is 0 Å². The average Bonchev–Trinajstić information content (AvgIpc) is 2.56. The maximum atomic E-state index is 4.38. The fourth-order valence-corrected chi connectivity index (χ4v) is 1.86. The van der Waals surface area contributed by atoms with Gasteiger partial charge in [0.25, 0.3) is 0 Å². The minimum atomic E-state index is 0.614. The number of hydrogen-bond donors (Lipinski definition) is 0. The topological polar surface area (TPSA) is 17.8 Å². The molecule has 0 amide bonds. The van der Waals surface area contributed by atoms with Crippen LogP contribution in [-0.4, -0.2) is 9.55 Å². The summed E-state index contributed by atoms with van der Waals surface area (Å²) < 4.78 is 2.11. The van der Waals surface area contributed by atoms with Crippen molar-refractivity contribution < 1.29 is 0 Å². The molecule has 0 spiro atoms. The zero-order valence-corrected chi connectivity index (χ0v) is 8.99. The van der Waals surface area contributed by atoms with E-state index < -0.39 is 0 Å². The Morgan fingerprint density at radius 1 is 1.50 bits per heavy atom. The quantitative estimate of drug-likeness (QED) is 0.708. The minimum Gasteiger partial charge on any atom is -0.335 e. The molecule has 2 nitrogen and oxygen atoms in total. The van der Waals surface area contributed by atoms with Crippen LogP contribution >= 0.6 is 0 Å². The Bertz CT molecular complexity index is 443. The number of rotatable bonds is 2. The van der Waals surface area contributed by atoms with Gasteiger partial charge in [-0.2, -0.15) is 0 Å². The van der Waals surface area contributed by atoms with Crippen molar-refractivity contribution in [2.75, 3.05) is 0 Å². The summed E-state index contributed by atoms with van der Waals surface area (Å²) in [5, 5.41) is 1.30. The highest BCUT2D eigenvalue weighted by molar-refractivity contribution is 5.80. The second-order valence-corrected chi connectivity index (χ2v) is 3.88. The van der Waals surface area contributed by atoms with Gasteiger partial charge in [0.05, 0.1) is 0 Å². The molecular weight excluding hydrogens is 172 g/mol. The van der Waals surface area contributed by atoms with E-state index in [-0.39, 0.29) is 0 Å². The highest BCUT2D eigenvalue weighted by Crippen LogP contribution is 2.27. The molecule has 2 heteroatoms. The average molecular weight is 188 g/mol. The number of hydrogen-bond acceptors (Lipinski definition) is 1. The lowest BCUT2D eigenvalue weighted by molar-refractivity contribution is 0.734. The molecule has 2 heterocycles. The van der Waals surface area contributed by atoms with Gasteiger partial charge in [-0.15, -0.1) is 0 Å². The largest absolute Gasteiger partial charge is 0.335 e. The third kappa shape index (κ3) is 1.31. The predicted octanol–water partition coefficient (Wildman–Crippen LogP) is 3.09. The van der Waals surface area contributed by atoms with Crippen molar-refractivity contribution in [3.05, 3.63) is 30.1 Å². The van der Waals surface area contributed by atoms with Crippen LogP contribution in [0, 0.1) is 0 Å². The SMILES string of the molecule is CCC(C)c1cn(C)c2ncccc12. The molecule has 14 heavy (non-hydrogen) atoms. The Labute approximate surface area is 84.6 Å². The van der Waals surface area contributed by atoms with Crippen LogP contribution in [0.2, 0.25) is 0 Å². The van der Waals surface area contributed by atoms with Crippen molar-refractivity contribution in [3.8, 4) is 0 Å². The minimum absolute atomic E-state index is 0.614. The Hall–Kier alpha value is -1.31. The zero-order valence-electron chi connectivity index (χ0n) is 8.99. The van der Waals surface area contributed by atoms with Crippen LogP contribution in [0.25, 0.3) is 11.0 Å². The third-order valence-corrected chi connectivity index (χ3v) is 2.91. The fraction of sp³-hybridized carbons (Fsp3) is 0.417. The normalized spacial score (nSPS) is 13.4. The summed E-state index contributed by atoms with van der Waals surface area (Å²) in [6, 6.07) is 4.16. The summed E-state index contributed by atoms with van der Waals surface area (Å²) in [5.74, 6) is 0.614. The monoisotopic (exact) mass is 188 g/mol. The van der Waals surface area contributed by atoms with Gasteiger partial charge in [0.15, 0.2) is 0 Å². The van der Waals surface area contributed by atoms with Crippen molar-refractivity contribution in [1.82, 2.24) is 9.55 Å². The molecule has 1 unspecified atom stereocenters. The third-order valence-electron chi connectivity index (χ3n) is 2.91. The van der Waals surface area contributed by atoms with Crippen molar-refractivity contribution in [2.45, 2.75) is 26.2 Å². The summed E-state index contributed by atoms with van der Waals surface area (Å²) in [7, 11) is 2.06. The van der Waals surface area contributed by atoms with Crippen molar-refractivity contribution in [2.24, 2.45) is 7.05 Å². The van der Waals surface area contributed by atoms with Gasteiger partial charge in [0, 0.05) is 24.8 Å². The first kappa shape index (κ1) is 9.25. The molecular formula is C12H16N2. The predicted molar refractivity (Wildman–Crippen MR) is 59.4 cm³/mol. The molecule has 0 aromatic carbocycles. The number of nitrogens with zero attached hydrogens (tertiary/aromatic N) is 2. The summed E-state index contributed by atoms with van der Waals surface area (Å²) in [6.07, 6.45) is 5.22. The van der Waals surface area contributed by atoms with Gasteiger partial charge in [-0.25, -0.2) is 4.98 Å². The van der Waals surface area contributed by atoms with E-state index in [0.717, 1.165) is 5.65 Å². The van der Waals surface area contributed by atoms with E-state index in [2.05, 4.69) is 42.7 Å². The maximum Gasteiger partial charge on any atom is 0.139 e. The zero-order chi connectivity index (χ0) is 10.1. The lowest BCUT2D eigenvalue weighted by Crippen LogP contribution is -1.88. The van der Waals surface area contributed by atoms with Crippen LogP contribution in [-0.2, 0) is 7.05 Å². The van der Waals surface area contributed by atoms with Gasteiger partial charge in [-0.3, -0.25) is 0 Å². The molecule has 0 saturated heterocycles. The van der Waals surface area contributed by atoms with E-state index in [9.17, 15) is 0 Å². The second-order valence-electron chi connectivity index (χ2n) is 3.88. The molecule has 0 fully saturated rings. The maximum absolute atomic E-state index is 4.38. The molecule has 2 rings (SSSR count). The summed E-state index contributed by atoms with van der Waals surface area (Å²) in [4.78, 5) is 4.38. The molecule has 1 atom stereocenters. The number of aromatic nitrogens is 2. The van der Waals surface area contributed by atoms with E-state index in [4.69, 9.17) is 0 Å². The Morgan fingerprint density at radius 3 is 3.00 bits per heavy atom. The summed E-state index contributed by atoms with van der Waals surface area (Å²) >= 11 is 0. The Kier molecular flexibility index (Phi) is 2.28. The van der Waals surface area contributed by atoms with E-state index in [1.165, 1.54) is 17.4 Å². The molecule has 0 saturated carbocycles. The molecule has 2 aromatic rings. The van der Waals surface area contributed by atoms with Crippen LogP contribution in [0.1, 0.15) is 31.7 Å². The standard InChI is InChI=1S/C12H16N2/c1-4-9(2)11-8-14(3)12-10(11)6-5-7-13-12/h5-9H,4H2,1-3H3. The molecule has 0 N–H and O–H groups in total. The molecule has 0 aliphatic carbocycles. The van der Waals surface area contributed by atoms with Crippen molar-refractivity contribution in [3.63, 3.8) is 0 Å². The first-order valence-electron chi connectivity index (χ1n) is 5.14. The van der Waals surface area contributed by atoms with E-state index in [1.54, 1.807) is 0 Å². The van der Waals surface area contributed by atoms with E-state index in [0.29, 0.717) is 5.92 Å². The number of fused-ring (bicyclic) bond motifs is 1.